The number of hydrogen-bond acceptors (Lipinski definition) is 4. The molecule has 0 radical (unpaired) electrons. The van der Waals surface area contributed by atoms with Crippen molar-refractivity contribution in [2.45, 2.75) is 30.8 Å². The van der Waals surface area contributed by atoms with Crippen LogP contribution < -0.4 is 10.5 Å². The summed E-state index contributed by atoms with van der Waals surface area (Å²) in [7, 11) is -3.74. The molecule has 1 aromatic carbocycles. The third-order valence-electron chi connectivity index (χ3n) is 2.34. The van der Waals surface area contributed by atoms with Crippen molar-refractivity contribution in [1.29, 1.82) is 0 Å². The molecule has 0 aliphatic heterocycles. The van der Waals surface area contributed by atoms with Crippen LogP contribution >= 0.6 is 0 Å². The third kappa shape index (κ3) is 4.33. The minimum Gasteiger partial charge on any atom is -0.391 e. The summed E-state index contributed by atoms with van der Waals surface area (Å²) in [6.07, 6.45) is 1.05. The molecule has 0 aliphatic carbocycles. The zero-order valence-corrected chi connectivity index (χ0v) is 10.6. The normalized spacial score (nSPS) is 13.4. The van der Waals surface area contributed by atoms with Gasteiger partial charge in [0.15, 0.2) is 0 Å². The topological polar surface area (TPSA) is 92.4 Å². The molecule has 5 nitrogen and oxygen atoms in total. The van der Waals surface area contributed by atoms with Crippen LogP contribution in [0.4, 0.5) is 5.69 Å². The Morgan fingerprint density at radius 3 is 2.65 bits per heavy atom. The lowest BCUT2D eigenvalue weighted by Gasteiger charge is -2.14. The van der Waals surface area contributed by atoms with E-state index in [1.807, 2.05) is 6.92 Å². The van der Waals surface area contributed by atoms with Crippen LogP contribution in [0.1, 0.15) is 19.8 Å². The highest BCUT2D eigenvalue weighted by atomic mass is 32.2. The van der Waals surface area contributed by atoms with Crippen molar-refractivity contribution in [1.82, 2.24) is 0 Å². The molecule has 0 saturated carbocycles. The Labute approximate surface area is 102 Å². The first-order chi connectivity index (χ1) is 7.95. The highest BCUT2D eigenvalue weighted by molar-refractivity contribution is 7.89. The summed E-state index contributed by atoms with van der Waals surface area (Å²) in [5, 5.41) is 17.5. The van der Waals surface area contributed by atoms with Crippen LogP contribution in [0.25, 0.3) is 0 Å². The van der Waals surface area contributed by atoms with Gasteiger partial charge in [0.2, 0.25) is 10.0 Å². The van der Waals surface area contributed by atoms with Gasteiger partial charge in [-0.05, 0) is 18.6 Å². The zero-order valence-electron chi connectivity index (χ0n) is 9.76. The van der Waals surface area contributed by atoms with Crippen LogP contribution in [-0.2, 0) is 10.0 Å². The second-order valence-corrected chi connectivity index (χ2v) is 5.39. The summed E-state index contributed by atoms with van der Waals surface area (Å²) in [5.74, 6) is 0. The number of primary sulfonamides is 1. The lowest BCUT2D eigenvalue weighted by Crippen LogP contribution is -2.21. The van der Waals surface area contributed by atoms with Gasteiger partial charge < -0.3 is 10.4 Å². The van der Waals surface area contributed by atoms with E-state index in [4.69, 9.17) is 5.14 Å². The molecule has 1 atom stereocenters. The van der Waals surface area contributed by atoms with Gasteiger partial charge in [0, 0.05) is 6.54 Å². The number of aliphatic hydroxyl groups excluding tert-OH is 1. The van der Waals surface area contributed by atoms with Crippen LogP contribution in [0.5, 0.6) is 0 Å². The Hall–Kier alpha value is -1.11. The minimum absolute atomic E-state index is 0.0451. The Kier molecular flexibility index (Phi) is 4.92. The molecule has 0 saturated heterocycles. The Morgan fingerprint density at radius 2 is 2.06 bits per heavy atom. The van der Waals surface area contributed by atoms with Gasteiger partial charge in [-0.2, -0.15) is 0 Å². The number of rotatable bonds is 6. The van der Waals surface area contributed by atoms with Gasteiger partial charge >= 0.3 is 0 Å². The molecule has 0 aliphatic rings. The molecular formula is C11H18N2O3S. The van der Waals surface area contributed by atoms with E-state index in [0.717, 1.165) is 6.42 Å². The molecule has 4 N–H and O–H groups in total. The van der Waals surface area contributed by atoms with E-state index in [-0.39, 0.29) is 4.90 Å². The number of sulfonamides is 1. The van der Waals surface area contributed by atoms with Gasteiger partial charge in [-0.25, -0.2) is 13.6 Å². The quantitative estimate of drug-likeness (QED) is 0.707. The number of hydrogen-bond donors (Lipinski definition) is 3. The first-order valence-electron chi connectivity index (χ1n) is 5.49. The molecule has 0 spiro atoms. The lowest BCUT2D eigenvalue weighted by atomic mass is 10.2. The van der Waals surface area contributed by atoms with E-state index in [2.05, 4.69) is 5.32 Å². The van der Waals surface area contributed by atoms with E-state index in [1.165, 1.54) is 6.07 Å². The first-order valence-corrected chi connectivity index (χ1v) is 7.03. The van der Waals surface area contributed by atoms with Gasteiger partial charge in [-0.3, -0.25) is 0 Å². The molecule has 0 aromatic heterocycles. The van der Waals surface area contributed by atoms with Crippen LogP contribution in [0.15, 0.2) is 29.2 Å². The Morgan fingerprint density at radius 1 is 1.41 bits per heavy atom. The standard InChI is InChI=1S/C11H18N2O3S/c1-2-5-9(14)8-13-10-6-3-4-7-11(10)17(12,15)16/h3-4,6-7,9,13-14H,2,5,8H2,1H3,(H2,12,15,16). The van der Waals surface area contributed by atoms with E-state index >= 15 is 0 Å². The summed E-state index contributed by atoms with van der Waals surface area (Å²) in [4.78, 5) is 0.0451. The third-order valence-corrected chi connectivity index (χ3v) is 3.31. The smallest absolute Gasteiger partial charge is 0.240 e. The maximum atomic E-state index is 11.3. The fourth-order valence-electron chi connectivity index (χ4n) is 1.52. The number of nitrogens with one attached hydrogen (secondary N) is 1. The highest BCUT2D eigenvalue weighted by Crippen LogP contribution is 2.19. The maximum absolute atomic E-state index is 11.3. The summed E-state index contributed by atoms with van der Waals surface area (Å²) < 4.78 is 22.6. The van der Waals surface area contributed by atoms with Gasteiger partial charge in [0.05, 0.1) is 11.8 Å². The van der Waals surface area contributed by atoms with Crippen molar-refractivity contribution >= 4 is 15.7 Å². The largest absolute Gasteiger partial charge is 0.391 e. The predicted molar refractivity (Wildman–Crippen MR) is 67.2 cm³/mol. The second-order valence-electron chi connectivity index (χ2n) is 3.86. The molecule has 1 aromatic rings. The number of aliphatic hydroxyl groups is 1. The maximum Gasteiger partial charge on any atom is 0.240 e. The summed E-state index contributed by atoms with van der Waals surface area (Å²) >= 11 is 0. The molecule has 6 heteroatoms. The SMILES string of the molecule is CCCC(O)CNc1ccccc1S(N)(=O)=O. The minimum atomic E-state index is -3.74. The van der Waals surface area contributed by atoms with Crippen molar-refractivity contribution in [3.8, 4) is 0 Å². The van der Waals surface area contributed by atoms with Crippen molar-refractivity contribution in [3.05, 3.63) is 24.3 Å². The number of nitrogens with two attached hydrogens (primary N) is 1. The molecular weight excluding hydrogens is 240 g/mol. The highest BCUT2D eigenvalue weighted by Gasteiger charge is 2.13. The van der Waals surface area contributed by atoms with Crippen LogP contribution in [0, 0.1) is 0 Å². The van der Waals surface area contributed by atoms with Crippen molar-refractivity contribution in [2.75, 3.05) is 11.9 Å². The molecule has 1 unspecified atom stereocenters. The van der Waals surface area contributed by atoms with E-state index < -0.39 is 16.1 Å². The zero-order chi connectivity index (χ0) is 12.9. The van der Waals surface area contributed by atoms with E-state index in [9.17, 15) is 13.5 Å². The van der Waals surface area contributed by atoms with Crippen molar-refractivity contribution in [2.24, 2.45) is 5.14 Å². The Bertz CT molecular complexity index is 460. The van der Waals surface area contributed by atoms with Gasteiger partial charge in [0.1, 0.15) is 4.90 Å². The Balaban J connectivity index is 2.78. The molecule has 17 heavy (non-hydrogen) atoms. The monoisotopic (exact) mass is 258 g/mol. The van der Waals surface area contributed by atoms with Crippen LogP contribution in [-0.4, -0.2) is 26.2 Å². The van der Waals surface area contributed by atoms with Gasteiger partial charge in [-0.15, -0.1) is 0 Å². The molecule has 0 bridgehead atoms. The van der Waals surface area contributed by atoms with Crippen molar-refractivity contribution < 1.29 is 13.5 Å². The average molecular weight is 258 g/mol. The number of benzene rings is 1. The first kappa shape index (κ1) is 14.0. The summed E-state index contributed by atoms with van der Waals surface area (Å²) in [6, 6.07) is 6.37. The molecule has 0 heterocycles. The molecule has 96 valence electrons. The fraction of sp³-hybridized carbons (Fsp3) is 0.455. The molecule has 0 amide bonds. The van der Waals surface area contributed by atoms with Crippen LogP contribution in [0.3, 0.4) is 0 Å². The predicted octanol–water partition coefficient (Wildman–Crippen LogP) is 0.907. The van der Waals surface area contributed by atoms with Crippen molar-refractivity contribution in [3.63, 3.8) is 0 Å². The van der Waals surface area contributed by atoms with Crippen LogP contribution in [0.2, 0.25) is 0 Å². The van der Waals surface area contributed by atoms with Gasteiger partial charge in [-0.1, -0.05) is 25.5 Å². The van der Waals surface area contributed by atoms with Gasteiger partial charge in [0.25, 0.3) is 0 Å². The second kappa shape index (κ2) is 6.00. The van der Waals surface area contributed by atoms with E-state index in [0.29, 0.717) is 18.7 Å². The summed E-state index contributed by atoms with van der Waals surface area (Å²) in [5.41, 5.74) is 0.421. The average Bonchev–Trinajstić information content (AvgIpc) is 2.26. The molecule has 0 fully saturated rings. The fourth-order valence-corrected chi connectivity index (χ4v) is 2.24. The number of para-hydroxylation sites is 1. The molecule has 1 rings (SSSR count). The van der Waals surface area contributed by atoms with E-state index in [1.54, 1.807) is 18.2 Å². The lowest BCUT2D eigenvalue weighted by molar-refractivity contribution is 0.176. The number of anilines is 1. The summed E-state index contributed by atoms with van der Waals surface area (Å²) in [6.45, 7) is 2.28.